The Kier molecular flexibility index (Phi) is 9.45. The van der Waals surface area contributed by atoms with E-state index in [1.165, 1.54) is 0 Å². The Bertz CT molecular complexity index is 2440. The largest absolute Gasteiger partial charge is 0.338 e. The van der Waals surface area contributed by atoms with E-state index in [9.17, 15) is 32.8 Å². The number of aryl methyl sites for hydroxylation is 2. The van der Waals surface area contributed by atoms with Crippen molar-refractivity contribution >= 4 is 41.0 Å². The van der Waals surface area contributed by atoms with Crippen molar-refractivity contribution in [1.82, 2.24) is 39.6 Å². The predicted octanol–water partition coefficient (Wildman–Crippen LogP) is 4.66. The Morgan fingerprint density at radius 1 is 0.883 bits per heavy atom. The number of fused-ring (bicyclic) bond motifs is 4. The summed E-state index contributed by atoms with van der Waals surface area (Å²) in [5.41, 5.74) is 7.75. The van der Waals surface area contributed by atoms with Crippen LogP contribution >= 0.6 is 0 Å². The molecule has 312 valence electrons. The summed E-state index contributed by atoms with van der Waals surface area (Å²) in [6.07, 6.45) is 6.55. The van der Waals surface area contributed by atoms with Crippen LogP contribution in [0.4, 0.5) is 20.3 Å². The van der Waals surface area contributed by atoms with Gasteiger partial charge in [0.2, 0.25) is 17.7 Å². The average Bonchev–Trinajstić information content (AvgIpc) is 4.00. The van der Waals surface area contributed by atoms with Crippen molar-refractivity contribution in [3.8, 4) is 11.1 Å². The number of carbonyl (C=O) groups excluding carboxylic acids is 5. The van der Waals surface area contributed by atoms with E-state index in [0.717, 1.165) is 103 Å². The molecule has 5 aliphatic heterocycles. The third kappa shape index (κ3) is 6.50. The fourth-order valence-electron chi connectivity index (χ4n) is 10.6. The van der Waals surface area contributed by atoms with Gasteiger partial charge in [0.1, 0.15) is 6.04 Å². The second-order valence-corrected chi connectivity index (χ2v) is 17.3. The highest BCUT2D eigenvalue weighted by atomic mass is 19.3. The molecule has 2 aromatic carbocycles. The Morgan fingerprint density at radius 3 is 2.25 bits per heavy atom. The lowest BCUT2D eigenvalue weighted by atomic mass is 9.92. The second-order valence-electron chi connectivity index (χ2n) is 17.3. The van der Waals surface area contributed by atoms with Crippen molar-refractivity contribution in [3.63, 3.8) is 0 Å². The van der Waals surface area contributed by atoms with E-state index in [-0.39, 0.29) is 30.4 Å². The number of benzene rings is 2. The molecule has 2 saturated heterocycles. The number of aromatic nitrogens is 4. The van der Waals surface area contributed by atoms with Gasteiger partial charge < -0.3 is 14.7 Å². The highest BCUT2D eigenvalue weighted by molar-refractivity contribution is 6.23. The first-order valence-electron chi connectivity index (χ1n) is 21.1. The van der Waals surface area contributed by atoms with E-state index < -0.39 is 36.1 Å². The number of alkyl halides is 2. The monoisotopic (exact) mass is 819 g/mol. The van der Waals surface area contributed by atoms with Crippen LogP contribution in [0.2, 0.25) is 0 Å². The maximum absolute atomic E-state index is 14.7. The van der Waals surface area contributed by atoms with Gasteiger partial charge in [-0.25, -0.2) is 8.78 Å². The summed E-state index contributed by atoms with van der Waals surface area (Å²) in [4.78, 5) is 71.2. The lowest BCUT2D eigenvalue weighted by Crippen LogP contribution is -2.54. The van der Waals surface area contributed by atoms with Crippen molar-refractivity contribution in [1.29, 1.82) is 0 Å². The minimum atomic E-state index is -2.68. The predicted molar refractivity (Wildman–Crippen MR) is 215 cm³/mol. The molecule has 1 aliphatic carbocycles. The number of hydrogen-bond acceptors (Lipinski definition) is 9. The molecule has 4 aromatic rings. The fraction of sp³-hybridized carbons (Fsp3) is 0.477. The third-order valence-corrected chi connectivity index (χ3v) is 13.6. The van der Waals surface area contributed by atoms with Crippen LogP contribution in [0, 0.1) is 5.92 Å². The lowest BCUT2D eigenvalue weighted by Gasteiger charge is -2.35. The minimum absolute atomic E-state index is 0.00104. The van der Waals surface area contributed by atoms with Gasteiger partial charge in [0.05, 0.1) is 29.9 Å². The zero-order chi connectivity index (χ0) is 41.6. The van der Waals surface area contributed by atoms with E-state index in [4.69, 9.17) is 5.10 Å². The molecule has 60 heavy (non-hydrogen) atoms. The van der Waals surface area contributed by atoms with Gasteiger partial charge in [0, 0.05) is 93.8 Å². The van der Waals surface area contributed by atoms with Crippen LogP contribution < -0.4 is 10.2 Å². The number of piperidine rings is 2. The Morgan fingerprint density at radius 2 is 1.60 bits per heavy atom. The average molecular weight is 820 g/mol. The van der Waals surface area contributed by atoms with E-state index in [1.807, 2.05) is 23.1 Å². The number of carbonyl (C=O) groups is 5. The first-order valence-corrected chi connectivity index (χ1v) is 21.1. The zero-order valence-corrected chi connectivity index (χ0v) is 33.8. The Hall–Kier alpha value is -5.77. The number of anilines is 2. The number of amides is 5. The quantitative estimate of drug-likeness (QED) is 0.263. The molecule has 2 fully saturated rings. The molecule has 0 spiro atoms. The van der Waals surface area contributed by atoms with E-state index in [2.05, 4.69) is 24.9 Å². The molecule has 1 atom stereocenters. The Labute approximate surface area is 345 Å². The van der Waals surface area contributed by atoms with Crippen molar-refractivity contribution in [3.05, 3.63) is 81.3 Å². The minimum Gasteiger partial charge on any atom is -0.338 e. The van der Waals surface area contributed by atoms with Crippen molar-refractivity contribution in [2.24, 2.45) is 13.0 Å². The second kappa shape index (κ2) is 14.7. The molecule has 0 saturated carbocycles. The number of nitrogens with zero attached hydrogens (tertiary/aromatic N) is 8. The zero-order valence-electron chi connectivity index (χ0n) is 33.8. The number of rotatable bonds is 7. The molecule has 5 amide bonds. The molecule has 1 N–H and O–H groups in total. The first-order chi connectivity index (χ1) is 28.9. The smallest absolute Gasteiger partial charge is 0.264 e. The first kappa shape index (κ1) is 38.4. The summed E-state index contributed by atoms with van der Waals surface area (Å²) in [5, 5.41) is 11.8. The molecule has 0 bridgehead atoms. The third-order valence-electron chi connectivity index (χ3n) is 13.6. The van der Waals surface area contributed by atoms with Crippen LogP contribution in [0.15, 0.2) is 36.7 Å². The highest BCUT2D eigenvalue weighted by Gasteiger charge is 2.46. The maximum Gasteiger partial charge on any atom is 0.264 e. The van der Waals surface area contributed by atoms with Crippen molar-refractivity contribution < 1.29 is 32.8 Å². The van der Waals surface area contributed by atoms with Gasteiger partial charge in [0.15, 0.2) is 5.82 Å². The van der Waals surface area contributed by atoms with Gasteiger partial charge >= 0.3 is 0 Å². The van der Waals surface area contributed by atoms with Crippen LogP contribution in [0.1, 0.15) is 106 Å². The Balaban J connectivity index is 0.852. The molecule has 2 aromatic heterocycles. The summed E-state index contributed by atoms with van der Waals surface area (Å²) in [6.45, 7) is 5.88. The summed E-state index contributed by atoms with van der Waals surface area (Å²) in [5.74, 6) is -0.891. The molecule has 6 aliphatic rings. The fourth-order valence-corrected chi connectivity index (χ4v) is 10.6. The van der Waals surface area contributed by atoms with Crippen molar-refractivity contribution in [2.45, 2.75) is 89.8 Å². The standard InChI is InChI=1S/C44H47F2N9O5/c1-24(56)52-13-9-36-35(23-52)41(53-10-3-4-26-16-31(29-20-47-50(2)22-29)32(40(45)46)19-38(26)53)49-55(36)30-7-11-51(12-8-30)21-25-14-27-17-33-34(18-28(27)15-25)44(60)54(43(33)59)37-5-6-39(57)48-42(37)58/h16-20,22,25,30,37,40H,3-15,21,23H2,1-2H3,(H,48,57,58). The van der Waals surface area contributed by atoms with Gasteiger partial charge in [-0.05, 0) is 97.4 Å². The number of nitrogens with one attached hydrogen (secondary N) is 1. The number of hydrogen-bond donors (Lipinski definition) is 1. The van der Waals surface area contributed by atoms with E-state index >= 15 is 0 Å². The molecule has 0 radical (unpaired) electrons. The van der Waals surface area contributed by atoms with Crippen LogP contribution in [-0.2, 0) is 53.7 Å². The van der Waals surface area contributed by atoms with Gasteiger partial charge in [0.25, 0.3) is 18.2 Å². The summed E-state index contributed by atoms with van der Waals surface area (Å²) >= 11 is 0. The normalized spacial score (nSPS) is 21.1. The van der Waals surface area contributed by atoms with Crippen LogP contribution in [0.5, 0.6) is 0 Å². The van der Waals surface area contributed by atoms with E-state index in [1.54, 1.807) is 37.1 Å². The van der Waals surface area contributed by atoms with Crippen LogP contribution in [0.3, 0.4) is 0 Å². The van der Waals surface area contributed by atoms with Crippen LogP contribution in [0.25, 0.3) is 11.1 Å². The molecule has 10 rings (SSSR count). The maximum atomic E-state index is 14.7. The highest BCUT2D eigenvalue weighted by Crippen LogP contribution is 2.44. The van der Waals surface area contributed by atoms with Gasteiger partial charge in [-0.2, -0.15) is 10.2 Å². The molecule has 1 unspecified atom stereocenters. The summed E-state index contributed by atoms with van der Waals surface area (Å²) < 4.78 is 33.2. The summed E-state index contributed by atoms with van der Waals surface area (Å²) in [7, 11) is 1.77. The summed E-state index contributed by atoms with van der Waals surface area (Å²) in [6, 6.07) is 6.37. The molecule has 14 nitrogen and oxygen atoms in total. The SMILES string of the molecule is CC(=O)N1CCc2c(c(N3CCCc4cc(-c5cnn(C)c5)c(C(F)F)cc43)nn2C2CCN(CC3Cc4cc5c(cc4C3)C(=O)N(C3CCC(=O)NC3=O)C5=O)CC2)C1. The number of halogens is 2. The van der Waals surface area contributed by atoms with Gasteiger partial charge in [-0.3, -0.25) is 43.6 Å². The van der Waals surface area contributed by atoms with Crippen LogP contribution in [-0.4, -0.2) is 103 Å². The van der Waals surface area contributed by atoms with Gasteiger partial charge in [-0.1, -0.05) is 0 Å². The molecule has 7 heterocycles. The topological polar surface area (TPSA) is 146 Å². The lowest BCUT2D eigenvalue weighted by molar-refractivity contribution is -0.136. The number of likely N-dealkylation sites (tertiary alicyclic amines) is 1. The van der Waals surface area contributed by atoms with E-state index in [0.29, 0.717) is 54.2 Å². The van der Waals surface area contributed by atoms with Gasteiger partial charge in [-0.15, -0.1) is 0 Å². The van der Waals surface area contributed by atoms with Crippen molar-refractivity contribution in [2.75, 3.05) is 37.6 Å². The number of imide groups is 2. The molecule has 16 heteroatoms. The molecular weight excluding hydrogens is 773 g/mol. The molecular formula is C44H47F2N9O5.